The minimum Gasteiger partial charge on any atom is -0.330 e. The smallest absolute Gasteiger partial charge is 0.235 e. The van der Waals surface area contributed by atoms with E-state index in [0.717, 1.165) is 22.4 Å². The summed E-state index contributed by atoms with van der Waals surface area (Å²) in [5, 5.41) is 1.42. The van der Waals surface area contributed by atoms with Gasteiger partial charge in [0, 0.05) is 0 Å². The van der Waals surface area contributed by atoms with Gasteiger partial charge in [-0.1, -0.05) is 48.5 Å². The van der Waals surface area contributed by atoms with Crippen molar-refractivity contribution in [3.8, 4) is 21.6 Å². The van der Waals surface area contributed by atoms with Gasteiger partial charge in [-0.25, -0.2) is 8.42 Å². The fourth-order valence-corrected chi connectivity index (χ4v) is 4.50. The Morgan fingerprint density at radius 1 is 1.00 bits per heavy atom. The van der Waals surface area contributed by atoms with Gasteiger partial charge in [-0.05, 0) is 60.5 Å². The van der Waals surface area contributed by atoms with Crippen LogP contribution in [0.3, 0.4) is 0 Å². The molecule has 0 aliphatic rings. The Morgan fingerprint density at radius 3 is 2.33 bits per heavy atom. The van der Waals surface area contributed by atoms with Crippen LogP contribution < -0.4 is 10.5 Å². The first-order valence-corrected chi connectivity index (χ1v) is 11.3. The molecule has 4 nitrogen and oxygen atoms in total. The molecule has 142 valence electrons. The van der Waals surface area contributed by atoms with Crippen molar-refractivity contribution in [2.24, 2.45) is 5.73 Å². The van der Waals surface area contributed by atoms with Crippen molar-refractivity contribution in [1.29, 1.82) is 0 Å². The highest BCUT2D eigenvalue weighted by Crippen LogP contribution is 2.36. The van der Waals surface area contributed by atoms with Gasteiger partial charge in [0.2, 0.25) is 10.0 Å². The molecule has 0 bridgehead atoms. The molecule has 0 atom stereocenters. The Balaban J connectivity index is 1.91. The van der Waals surface area contributed by atoms with Crippen LogP contribution in [-0.4, -0.2) is 20.2 Å². The Hall–Kier alpha value is -2.15. The van der Waals surface area contributed by atoms with E-state index in [1.807, 2.05) is 35.7 Å². The summed E-state index contributed by atoms with van der Waals surface area (Å²) in [6, 6.07) is 18.3. The lowest BCUT2D eigenvalue weighted by Gasteiger charge is -2.12. The number of benzene rings is 2. The molecule has 1 aromatic heterocycles. The van der Waals surface area contributed by atoms with Crippen LogP contribution in [0.5, 0.6) is 0 Å². The molecule has 0 unspecified atom stereocenters. The molecule has 27 heavy (non-hydrogen) atoms. The third kappa shape index (κ3) is 4.40. The highest BCUT2D eigenvalue weighted by molar-refractivity contribution is 7.93. The number of hydrogen-bond donors (Lipinski definition) is 2. The Kier molecular flexibility index (Phi) is 5.99. The van der Waals surface area contributed by atoms with Gasteiger partial charge in [0.1, 0.15) is 0 Å². The summed E-state index contributed by atoms with van der Waals surface area (Å²) in [6.45, 7) is 3.95. The number of nitrogens with two attached hydrogens (primary N) is 1. The molecule has 1 heterocycles. The third-order valence-electron chi connectivity index (χ3n) is 4.43. The van der Waals surface area contributed by atoms with E-state index in [-0.39, 0.29) is 0 Å². The first-order valence-electron chi connectivity index (χ1n) is 8.90. The maximum Gasteiger partial charge on any atom is 0.235 e. The monoisotopic (exact) mass is 400 g/mol. The maximum absolute atomic E-state index is 12.2. The zero-order valence-corrected chi connectivity index (χ0v) is 17.1. The fourth-order valence-electron chi connectivity index (χ4n) is 2.86. The van der Waals surface area contributed by atoms with Crippen molar-refractivity contribution in [3.05, 3.63) is 65.5 Å². The number of nitrogens with one attached hydrogen (secondary N) is 1. The van der Waals surface area contributed by atoms with Gasteiger partial charge in [-0.3, -0.25) is 4.72 Å². The summed E-state index contributed by atoms with van der Waals surface area (Å²) < 4.78 is 27.1. The summed E-state index contributed by atoms with van der Waals surface area (Å²) in [5.74, 6) is 0. The maximum atomic E-state index is 12.2. The van der Waals surface area contributed by atoms with Gasteiger partial charge in [-0.2, -0.15) is 0 Å². The topological polar surface area (TPSA) is 72.2 Å². The highest BCUT2D eigenvalue weighted by atomic mass is 32.2. The summed E-state index contributed by atoms with van der Waals surface area (Å²) >= 11 is 1.52. The molecule has 0 aliphatic carbocycles. The zero-order chi connectivity index (χ0) is 19.4. The number of rotatable bonds is 7. The van der Waals surface area contributed by atoms with Crippen LogP contribution in [0.2, 0.25) is 0 Å². The number of thiophene rings is 1. The van der Waals surface area contributed by atoms with E-state index in [1.54, 1.807) is 13.8 Å². The molecule has 6 heteroatoms. The first-order chi connectivity index (χ1) is 12.9. The van der Waals surface area contributed by atoms with Crippen molar-refractivity contribution in [2.75, 3.05) is 11.3 Å². The summed E-state index contributed by atoms with van der Waals surface area (Å²) in [7, 11) is -3.37. The standard InChI is InChI=1S/C21H24N2O2S2/c1-15(2)27(24,25)23-20-12-14-26-21(20)18-9-7-17(8-10-18)19-6-4-3-5-16(19)11-13-22/h3-10,12,14-15,23H,11,13,22H2,1-2H3. The van der Waals surface area contributed by atoms with E-state index in [9.17, 15) is 8.42 Å². The van der Waals surface area contributed by atoms with E-state index < -0.39 is 15.3 Å². The van der Waals surface area contributed by atoms with Crippen LogP contribution >= 0.6 is 11.3 Å². The molecule has 0 saturated carbocycles. The van der Waals surface area contributed by atoms with Gasteiger partial charge in [0.05, 0.1) is 15.8 Å². The normalized spacial score (nSPS) is 11.7. The van der Waals surface area contributed by atoms with E-state index in [2.05, 4.69) is 29.0 Å². The van der Waals surface area contributed by atoms with Crippen molar-refractivity contribution in [2.45, 2.75) is 25.5 Å². The van der Waals surface area contributed by atoms with Gasteiger partial charge in [-0.15, -0.1) is 11.3 Å². The van der Waals surface area contributed by atoms with E-state index >= 15 is 0 Å². The molecule has 3 rings (SSSR count). The minimum absolute atomic E-state index is 0.480. The van der Waals surface area contributed by atoms with E-state index in [1.165, 1.54) is 22.5 Å². The molecule has 0 saturated heterocycles. The van der Waals surface area contributed by atoms with Crippen LogP contribution in [0.1, 0.15) is 19.4 Å². The van der Waals surface area contributed by atoms with Gasteiger partial charge in [0.15, 0.2) is 0 Å². The number of sulfonamides is 1. The average molecular weight is 401 g/mol. The van der Waals surface area contributed by atoms with E-state index in [0.29, 0.717) is 12.2 Å². The zero-order valence-electron chi connectivity index (χ0n) is 15.5. The summed E-state index contributed by atoms with van der Waals surface area (Å²) in [6.07, 6.45) is 0.837. The Morgan fingerprint density at radius 2 is 1.67 bits per heavy atom. The number of anilines is 1. The van der Waals surface area contributed by atoms with Crippen LogP contribution in [0.25, 0.3) is 21.6 Å². The second kappa shape index (κ2) is 8.25. The number of hydrogen-bond acceptors (Lipinski definition) is 4. The molecule has 3 N–H and O–H groups in total. The quantitative estimate of drug-likeness (QED) is 0.602. The molecular formula is C21H24N2O2S2. The largest absolute Gasteiger partial charge is 0.330 e. The van der Waals surface area contributed by atoms with Crippen LogP contribution in [0.4, 0.5) is 5.69 Å². The molecule has 3 aromatic rings. The summed E-state index contributed by atoms with van der Waals surface area (Å²) in [5.41, 5.74) is 10.9. The van der Waals surface area contributed by atoms with Gasteiger partial charge in [0.25, 0.3) is 0 Å². The molecule has 0 amide bonds. The van der Waals surface area contributed by atoms with Crippen LogP contribution in [0.15, 0.2) is 60.0 Å². The van der Waals surface area contributed by atoms with E-state index in [4.69, 9.17) is 5.73 Å². The Labute approximate surface area is 165 Å². The molecule has 0 radical (unpaired) electrons. The lowest BCUT2D eigenvalue weighted by atomic mass is 9.96. The predicted octanol–water partition coefficient (Wildman–Crippen LogP) is 4.73. The fraction of sp³-hybridized carbons (Fsp3) is 0.238. The average Bonchev–Trinajstić information content (AvgIpc) is 3.10. The van der Waals surface area contributed by atoms with Crippen molar-refractivity contribution in [3.63, 3.8) is 0 Å². The molecule has 0 fully saturated rings. The SMILES string of the molecule is CC(C)S(=O)(=O)Nc1ccsc1-c1ccc(-c2ccccc2CCN)cc1. The van der Waals surface area contributed by atoms with Crippen LogP contribution in [-0.2, 0) is 16.4 Å². The molecule has 0 spiro atoms. The van der Waals surface area contributed by atoms with Gasteiger partial charge < -0.3 is 5.73 Å². The lowest BCUT2D eigenvalue weighted by Crippen LogP contribution is -2.22. The Bertz CT molecular complexity index is 1010. The van der Waals surface area contributed by atoms with Crippen LogP contribution in [0, 0.1) is 0 Å². The van der Waals surface area contributed by atoms with Gasteiger partial charge >= 0.3 is 0 Å². The third-order valence-corrected chi connectivity index (χ3v) is 7.14. The van der Waals surface area contributed by atoms with Crippen molar-refractivity contribution >= 4 is 27.0 Å². The van der Waals surface area contributed by atoms with Crippen molar-refractivity contribution in [1.82, 2.24) is 0 Å². The molecule has 0 aliphatic heterocycles. The predicted molar refractivity (Wildman–Crippen MR) is 116 cm³/mol. The molecular weight excluding hydrogens is 376 g/mol. The second-order valence-corrected chi connectivity index (χ2v) is 9.79. The summed E-state index contributed by atoms with van der Waals surface area (Å²) in [4.78, 5) is 0.918. The lowest BCUT2D eigenvalue weighted by molar-refractivity contribution is 0.593. The second-order valence-electron chi connectivity index (χ2n) is 6.63. The minimum atomic E-state index is -3.37. The highest BCUT2D eigenvalue weighted by Gasteiger charge is 2.18. The first kappa shape index (κ1) is 19.6. The van der Waals surface area contributed by atoms with Crippen molar-refractivity contribution < 1.29 is 8.42 Å². The molecule has 2 aromatic carbocycles.